The van der Waals surface area contributed by atoms with E-state index in [0.717, 1.165) is 36.2 Å². The van der Waals surface area contributed by atoms with Crippen LogP contribution < -0.4 is 5.73 Å². The summed E-state index contributed by atoms with van der Waals surface area (Å²) in [5, 5.41) is 9.15. The summed E-state index contributed by atoms with van der Waals surface area (Å²) in [7, 11) is 0. The topological polar surface area (TPSA) is 89.4 Å². The summed E-state index contributed by atoms with van der Waals surface area (Å²) in [6.45, 7) is 8.25. The molecule has 3 heterocycles. The van der Waals surface area contributed by atoms with E-state index in [0.29, 0.717) is 28.9 Å². The Balaban J connectivity index is 1.81. The molecule has 0 spiro atoms. The van der Waals surface area contributed by atoms with Crippen LogP contribution >= 0.6 is 11.8 Å². The van der Waals surface area contributed by atoms with Crippen molar-refractivity contribution in [2.75, 3.05) is 11.5 Å². The summed E-state index contributed by atoms with van der Waals surface area (Å²) in [5.41, 5.74) is 8.74. The lowest BCUT2D eigenvalue weighted by Gasteiger charge is -2.39. The highest BCUT2D eigenvalue weighted by Gasteiger charge is 2.29. The first-order chi connectivity index (χ1) is 11.9. The zero-order chi connectivity index (χ0) is 18.1. The van der Waals surface area contributed by atoms with Crippen LogP contribution in [0, 0.1) is 6.92 Å². The molecular weight excluding hydrogens is 336 g/mol. The molecule has 1 saturated heterocycles. The first-order valence-electron chi connectivity index (χ1n) is 8.88. The fourth-order valence-electron chi connectivity index (χ4n) is 3.74. The number of anilines is 1. The number of likely N-dealkylation sites (tertiary alicyclic amines) is 1. The number of nitrogens with two attached hydrogens (primary N) is 1. The molecule has 3 rings (SSSR count). The molecular formula is C17H26N6OS. The van der Waals surface area contributed by atoms with E-state index in [-0.39, 0.29) is 5.91 Å². The predicted molar refractivity (Wildman–Crippen MR) is 99.7 cm³/mol. The zero-order valence-corrected chi connectivity index (χ0v) is 16.1. The highest BCUT2D eigenvalue weighted by molar-refractivity contribution is 7.99. The van der Waals surface area contributed by atoms with Gasteiger partial charge in [0, 0.05) is 23.3 Å². The molecule has 1 aliphatic heterocycles. The second kappa shape index (κ2) is 7.19. The number of piperidine rings is 1. The first-order valence-corrected chi connectivity index (χ1v) is 9.86. The van der Waals surface area contributed by atoms with E-state index in [1.165, 1.54) is 18.2 Å². The first kappa shape index (κ1) is 18.0. The molecule has 136 valence electrons. The van der Waals surface area contributed by atoms with Crippen LogP contribution in [-0.2, 0) is 11.2 Å². The third-order valence-electron chi connectivity index (χ3n) is 5.01. The minimum Gasteiger partial charge on any atom is -0.369 e. The van der Waals surface area contributed by atoms with Gasteiger partial charge in [0.2, 0.25) is 11.9 Å². The molecule has 25 heavy (non-hydrogen) atoms. The van der Waals surface area contributed by atoms with Crippen LogP contribution in [-0.4, -0.2) is 48.2 Å². The van der Waals surface area contributed by atoms with Crippen LogP contribution in [0.3, 0.4) is 0 Å². The average molecular weight is 363 g/mol. The number of carbonyl (C=O) groups is 1. The third kappa shape index (κ3) is 3.31. The Morgan fingerprint density at radius 3 is 2.60 bits per heavy atom. The van der Waals surface area contributed by atoms with Gasteiger partial charge in [-0.05, 0) is 46.5 Å². The fraction of sp³-hybridized carbons (Fsp3) is 0.647. The molecule has 0 radical (unpaired) electrons. The molecule has 0 bridgehead atoms. The predicted octanol–water partition coefficient (Wildman–Crippen LogP) is 2.46. The molecule has 1 aliphatic rings. The van der Waals surface area contributed by atoms with Crippen molar-refractivity contribution >= 4 is 29.3 Å². The van der Waals surface area contributed by atoms with E-state index in [1.54, 1.807) is 4.40 Å². The Morgan fingerprint density at radius 1 is 1.28 bits per heavy atom. The molecule has 0 unspecified atom stereocenters. The molecule has 0 saturated carbocycles. The number of nitrogen functional groups attached to an aromatic ring is 1. The summed E-state index contributed by atoms with van der Waals surface area (Å²) < 4.78 is 1.76. The minimum atomic E-state index is 0.149. The van der Waals surface area contributed by atoms with Gasteiger partial charge < -0.3 is 10.6 Å². The van der Waals surface area contributed by atoms with E-state index < -0.39 is 0 Å². The smallest absolute Gasteiger partial charge is 0.233 e. The van der Waals surface area contributed by atoms with Gasteiger partial charge >= 0.3 is 0 Å². The zero-order valence-electron chi connectivity index (χ0n) is 15.3. The van der Waals surface area contributed by atoms with Crippen LogP contribution in [0.25, 0.3) is 5.65 Å². The maximum absolute atomic E-state index is 12.7. The Hall–Kier alpha value is -1.83. The molecule has 8 heteroatoms. The van der Waals surface area contributed by atoms with E-state index in [4.69, 9.17) is 5.73 Å². The van der Waals surface area contributed by atoms with E-state index >= 15 is 0 Å². The van der Waals surface area contributed by atoms with E-state index in [2.05, 4.69) is 36.0 Å². The van der Waals surface area contributed by atoms with Gasteiger partial charge in [-0.25, -0.2) is 9.38 Å². The summed E-state index contributed by atoms with van der Waals surface area (Å²) in [6, 6.07) is 0.598. The Labute approximate surface area is 152 Å². The van der Waals surface area contributed by atoms with E-state index in [9.17, 15) is 4.79 Å². The SMILES string of the molecule is CCc1c(C)nc(N)n2c(SCC(=O)N3[C@@H](C)CCC[C@@H]3C)nnc12. The van der Waals surface area contributed by atoms with Crippen molar-refractivity contribution in [2.24, 2.45) is 0 Å². The van der Waals surface area contributed by atoms with Crippen LogP contribution in [0.15, 0.2) is 5.16 Å². The van der Waals surface area contributed by atoms with Crippen molar-refractivity contribution in [3.63, 3.8) is 0 Å². The van der Waals surface area contributed by atoms with Gasteiger partial charge in [-0.2, -0.15) is 0 Å². The maximum Gasteiger partial charge on any atom is 0.233 e. The van der Waals surface area contributed by atoms with Crippen molar-refractivity contribution in [2.45, 2.75) is 70.6 Å². The number of aryl methyl sites for hydroxylation is 2. The molecule has 2 atom stereocenters. The molecule has 7 nitrogen and oxygen atoms in total. The largest absolute Gasteiger partial charge is 0.369 e. The second-order valence-corrected chi connectivity index (χ2v) is 7.69. The van der Waals surface area contributed by atoms with Gasteiger partial charge in [-0.15, -0.1) is 10.2 Å². The number of hydrogen-bond acceptors (Lipinski definition) is 6. The monoisotopic (exact) mass is 362 g/mol. The summed E-state index contributed by atoms with van der Waals surface area (Å²) >= 11 is 1.38. The van der Waals surface area contributed by atoms with Crippen molar-refractivity contribution in [3.8, 4) is 0 Å². The molecule has 2 N–H and O–H groups in total. The maximum atomic E-state index is 12.7. The van der Waals surface area contributed by atoms with Crippen LogP contribution in [0.2, 0.25) is 0 Å². The quantitative estimate of drug-likeness (QED) is 0.841. The normalized spacial score (nSPS) is 21.0. The summed E-state index contributed by atoms with van der Waals surface area (Å²) in [4.78, 5) is 19.1. The van der Waals surface area contributed by atoms with Crippen LogP contribution in [0.4, 0.5) is 5.95 Å². The van der Waals surface area contributed by atoms with Gasteiger partial charge in [0.25, 0.3) is 0 Å². The Bertz CT molecular complexity index is 779. The lowest BCUT2D eigenvalue weighted by atomic mass is 9.98. The van der Waals surface area contributed by atoms with Crippen molar-refractivity contribution in [3.05, 3.63) is 11.3 Å². The minimum absolute atomic E-state index is 0.149. The standard InChI is InChI=1S/C17H26N6OS/c1-5-13-12(4)19-16(18)23-15(13)20-21-17(23)25-9-14(24)22-10(2)7-6-8-11(22)3/h10-11H,5-9H2,1-4H3,(H2,18,19)/t10-,11-/m0/s1. The van der Waals surface area contributed by atoms with Gasteiger partial charge in [0.05, 0.1) is 5.75 Å². The highest BCUT2D eigenvalue weighted by atomic mass is 32.2. The fourth-order valence-corrected chi connectivity index (χ4v) is 4.55. The number of carbonyl (C=O) groups excluding carboxylic acids is 1. The van der Waals surface area contributed by atoms with Crippen LogP contribution in [0.5, 0.6) is 0 Å². The second-order valence-electron chi connectivity index (χ2n) is 6.75. The molecule has 0 aliphatic carbocycles. The van der Waals surface area contributed by atoms with Crippen LogP contribution in [0.1, 0.15) is 51.3 Å². The number of hydrogen-bond donors (Lipinski definition) is 1. The summed E-state index contributed by atoms with van der Waals surface area (Å²) in [5.74, 6) is 0.852. The Kier molecular flexibility index (Phi) is 5.17. The number of amides is 1. The highest BCUT2D eigenvalue weighted by Crippen LogP contribution is 2.26. The molecule has 2 aromatic heterocycles. The lowest BCUT2D eigenvalue weighted by molar-refractivity contribution is -0.134. The number of aromatic nitrogens is 4. The summed E-state index contributed by atoms with van der Waals surface area (Å²) in [6.07, 6.45) is 4.15. The number of nitrogens with zero attached hydrogens (tertiary/aromatic N) is 5. The van der Waals surface area contributed by atoms with Gasteiger partial charge in [0.15, 0.2) is 10.8 Å². The Morgan fingerprint density at radius 2 is 1.96 bits per heavy atom. The van der Waals surface area contributed by atoms with E-state index in [1.807, 2.05) is 11.8 Å². The van der Waals surface area contributed by atoms with Crippen molar-refractivity contribution in [1.82, 2.24) is 24.5 Å². The average Bonchev–Trinajstić information content (AvgIpc) is 2.97. The number of fused-ring (bicyclic) bond motifs is 1. The van der Waals surface area contributed by atoms with Gasteiger partial charge in [-0.3, -0.25) is 4.79 Å². The molecule has 1 amide bonds. The van der Waals surface area contributed by atoms with Crippen molar-refractivity contribution in [1.29, 1.82) is 0 Å². The lowest BCUT2D eigenvalue weighted by Crippen LogP contribution is -2.48. The molecule has 0 aromatic carbocycles. The number of rotatable bonds is 4. The third-order valence-corrected chi connectivity index (χ3v) is 5.92. The van der Waals surface area contributed by atoms with Gasteiger partial charge in [0.1, 0.15) is 0 Å². The molecule has 2 aromatic rings. The molecule has 1 fully saturated rings. The van der Waals surface area contributed by atoms with Gasteiger partial charge in [-0.1, -0.05) is 18.7 Å². The van der Waals surface area contributed by atoms with Crippen molar-refractivity contribution < 1.29 is 4.79 Å². The number of thioether (sulfide) groups is 1.